The number of nitrogens with zero attached hydrogens (tertiary/aromatic N) is 2. The molecule has 5 rings (SSSR count). The zero-order chi connectivity index (χ0) is 16.1. The Balaban J connectivity index is 1.71. The van der Waals surface area contributed by atoms with E-state index in [0.717, 1.165) is 35.1 Å². The molecular formula is C19H18N3O2+. The molecule has 0 amide bonds. The molecule has 2 aromatic heterocycles. The van der Waals surface area contributed by atoms with Crippen LogP contribution in [0.3, 0.4) is 0 Å². The number of ether oxygens (including phenoxy) is 2. The number of fused-ring (bicyclic) bond motifs is 5. The summed E-state index contributed by atoms with van der Waals surface area (Å²) >= 11 is 0. The molecule has 0 fully saturated rings. The molecule has 3 aromatic rings. The number of benzene rings is 1. The number of nitrogens with two attached hydrogens (primary N) is 1. The smallest absolute Gasteiger partial charge is 0.231 e. The number of aromatic nitrogens is 2. The first-order chi connectivity index (χ1) is 11.8. The van der Waals surface area contributed by atoms with Crippen LogP contribution in [0.5, 0.6) is 11.5 Å². The van der Waals surface area contributed by atoms with Crippen LogP contribution >= 0.6 is 0 Å². The molecule has 0 bridgehead atoms. The van der Waals surface area contributed by atoms with Crippen LogP contribution in [0.4, 0.5) is 0 Å². The number of aryl methyl sites for hydroxylation is 1. The lowest BCUT2D eigenvalue weighted by Gasteiger charge is -2.15. The van der Waals surface area contributed by atoms with Crippen LogP contribution in [0.25, 0.3) is 5.69 Å². The Morgan fingerprint density at radius 3 is 3.00 bits per heavy atom. The van der Waals surface area contributed by atoms with Gasteiger partial charge in [0, 0.05) is 17.5 Å². The van der Waals surface area contributed by atoms with Crippen LogP contribution in [-0.4, -0.2) is 16.3 Å². The van der Waals surface area contributed by atoms with Crippen molar-refractivity contribution in [1.29, 1.82) is 0 Å². The summed E-state index contributed by atoms with van der Waals surface area (Å²) in [6.07, 6.45) is 2.10. The van der Waals surface area contributed by atoms with Gasteiger partial charge in [-0.1, -0.05) is 6.07 Å². The summed E-state index contributed by atoms with van der Waals surface area (Å²) in [5.41, 5.74) is 5.66. The summed E-state index contributed by atoms with van der Waals surface area (Å²) in [6.45, 7) is 3.19. The predicted octanol–water partition coefficient (Wildman–Crippen LogP) is 2.08. The van der Waals surface area contributed by atoms with Gasteiger partial charge in [0.15, 0.2) is 17.5 Å². The fourth-order valence-electron chi connectivity index (χ4n) is 3.65. The average Bonchev–Trinajstić information content (AvgIpc) is 3.22. The lowest BCUT2D eigenvalue weighted by atomic mass is 10.1. The zero-order valence-corrected chi connectivity index (χ0v) is 13.4. The van der Waals surface area contributed by atoms with E-state index in [4.69, 9.17) is 14.5 Å². The average molecular weight is 320 g/mol. The second kappa shape index (κ2) is 5.11. The molecule has 0 saturated heterocycles. The molecule has 2 N–H and O–H groups in total. The van der Waals surface area contributed by atoms with Crippen molar-refractivity contribution in [3.05, 3.63) is 71.3 Å². The van der Waals surface area contributed by atoms with Crippen LogP contribution < -0.4 is 14.8 Å². The monoisotopic (exact) mass is 320 g/mol. The molecule has 1 aromatic carbocycles. The number of quaternary nitrogens is 1. The molecule has 2 aliphatic rings. The third-order valence-electron chi connectivity index (χ3n) is 4.74. The fraction of sp³-hybridized carbons (Fsp3) is 0.211. The van der Waals surface area contributed by atoms with Crippen molar-refractivity contribution < 1.29 is 14.8 Å². The Morgan fingerprint density at radius 2 is 2.08 bits per heavy atom. The van der Waals surface area contributed by atoms with Crippen LogP contribution in [-0.2, 0) is 6.54 Å². The van der Waals surface area contributed by atoms with Crippen molar-refractivity contribution in [3.63, 3.8) is 0 Å². The summed E-state index contributed by atoms with van der Waals surface area (Å²) in [6, 6.07) is 14.7. The second-order valence-electron chi connectivity index (χ2n) is 6.23. The molecule has 0 saturated carbocycles. The highest BCUT2D eigenvalue weighted by molar-refractivity contribution is 5.62. The van der Waals surface area contributed by atoms with Gasteiger partial charge in [-0.3, -0.25) is 4.98 Å². The molecule has 0 radical (unpaired) electrons. The van der Waals surface area contributed by atoms with Gasteiger partial charge in [0.1, 0.15) is 17.9 Å². The highest BCUT2D eigenvalue weighted by Gasteiger charge is 2.31. The van der Waals surface area contributed by atoms with Gasteiger partial charge in [0.2, 0.25) is 6.79 Å². The summed E-state index contributed by atoms with van der Waals surface area (Å²) in [5, 5.41) is 2.33. The Labute approximate surface area is 139 Å². The predicted molar refractivity (Wildman–Crippen MR) is 88.3 cm³/mol. The third kappa shape index (κ3) is 1.95. The molecule has 4 heterocycles. The van der Waals surface area contributed by atoms with E-state index < -0.39 is 0 Å². The maximum atomic E-state index is 5.77. The van der Waals surface area contributed by atoms with Crippen molar-refractivity contribution in [2.45, 2.75) is 19.5 Å². The van der Waals surface area contributed by atoms with E-state index in [1.807, 2.05) is 19.1 Å². The van der Waals surface area contributed by atoms with E-state index in [0.29, 0.717) is 0 Å². The van der Waals surface area contributed by atoms with E-state index in [9.17, 15) is 0 Å². The molecule has 5 nitrogen and oxygen atoms in total. The molecule has 1 atom stereocenters. The van der Waals surface area contributed by atoms with E-state index in [-0.39, 0.29) is 12.8 Å². The van der Waals surface area contributed by atoms with Crippen LogP contribution in [0.1, 0.15) is 28.7 Å². The topological polar surface area (TPSA) is 52.9 Å². The maximum absolute atomic E-state index is 5.77. The lowest BCUT2D eigenvalue weighted by molar-refractivity contribution is -0.702. The fourth-order valence-corrected chi connectivity index (χ4v) is 3.65. The first kappa shape index (κ1) is 13.6. The third-order valence-corrected chi connectivity index (χ3v) is 4.74. The molecule has 5 heteroatoms. The van der Waals surface area contributed by atoms with Crippen molar-refractivity contribution in [1.82, 2.24) is 9.55 Å². The van der Waals surface area contributed by atoms with Crippen LogP contribution in [0.2, 0.25) is 0 Å². The van der Waals surface area contributed by atoms with Gasteiger partial charge >= 0.3 is 0 Å². The number of hydrogen-bond acceptors (Lipinski definition) is 3. The van der Waals surface area contributed by atoms with Gasteiger partial charge in [0.25, 0.3) is 0 Å². The Hall–Kier alpha value is -2.79. The van der Waals surface area contributed by atoms with E-state index in [1.165, 1.54) is 11.3 Å². The van der Waals surface area contributed by atoms with Gasteiger partial charge in [-0.15, -0.1) is 0 Å². The molecule has 2 aliphatic heterocycles. The highest BCUT2D eigenvalue weighted by Crippen LogP contribution is 2.41. The van der Waals surface area contributed by atoms with Crippen molar-refractivity contribution in [3.8, 4) is 17.2 Å². The first-order valence-corrected chi connectivity index (χ1v) is 8.17. The molecule has 0 aliphatic carbocycles. The van der Waals surface area contributed by atoms with Crippen LogP contribution in [0.15, 0.2) is 48.7 Å². The van der Waals surface area contributed by atoms with Crippen molar-refractivity contribution >= 4 is 0 Å². The first-order valence-electron chi connectivity index (χ1n) is 8.17. The largest absolute Gasteiger partial charge is 0.454 e. The minimum Gasteiger partial charge on any atom is -0.454 e. The van der Waals surface area contributed by atoms with E-state index >= 15 is 0 Å². The Morgan fingerprint density at radius 1 is 1.12 bits per heavy atom. The maximum Gasteiger partial charge on any atom is 0.231 e. The van der Waals surface area contributed by atoms with Gasteiger partial charge in [-0.2, -0.15) is 0 Å². The standard InChI is InChI=1S/C19H17N3O2/c1-12-4-2-5-14(21-12)17-15-6-3-9-22(15)18-13(10-20-17)7-8-16-19(18)24-11-23-16/h2-9,17,20H,10-11H2,1H3/p+1. The molecule has 24 heavy (non-hydrogen) atoms. The highest BCUT2D eigenvalue weighted by atomic mass is 16.7. The van der Waals surface area contributed by atoms with Gasteiger partial charge in [-0.05, 0) is 43.3 Å². The van der Waals surface area contributed by atoms with E-state index in [1.54, 1.807) is 0 Å². The molecular weight excluding hydrogens is 302 g/mol. The minimum atomic E-state index is 0.158. The second-order valence-corrected chi connectivity index (χ2v) is 6.23. The molecule has 0 spiro atoms. The van der Waals surface area contributed by atoms with Crippen molar-refractivity contribution in [2.75, 3.05) is 6.79 Å². The summed E-state index contributed by atoms with van der Waals surface area (Å²) < 4.78 is 13.6. The van der Waals surface area contributed by atoms with Gasteiger partial charge < -0.3 is 19.4 Å². The quantitative estimate of drug-likeness (QED) is 0.747. The van der Waals surface area contributed by atoms with E-state index in [2.05, 4.69) is 46.4 Å². The van der Waals surface area contributed by atoms with Crippen molar-refractivity contribution in [2.24, 2.45) is 0 Å². The SMILES string of the molecule is Cc1cccc(C2[NH2+]Cc3ccc4c(c3-n3cccc32)OCO4)n1. The minimum absolute atomic E-state index is 0.158. The molecule has 1 unspecified atom stereocenters. The molecule has 120 valence electrons. The Kier molecular flexibility index (Phi) is 2.90. The summed E-state index contributed by atoms with van der Waals surface area (Å²) in [4.78, 5) is 4.75. The van der Waals surface area contributed by atoms with Gasteiger partial charge in [0.05, 0.1) is 5.69 Å². The lowest BCUT2D eigenvalue weighted by Crippen LogP contribution is -2.83. The number of pyridine rings is 1. The van der Waals surface area contributed by atoms with Crippen LogP contribution in [0, 0.1) is 6.92 Å². The normalized spacial score (nSPS) is 18.0. The number of hydrogen-bond donors (Lipinski definition) is 1. The summed E-state index contributed by atoms with van der Waals surface area (Å²) in [5.74, 6) is 1.66. The number of rotatable bonds is 1. The van der Waals surface area contributed by atoms with Gasteiger partial charge in [-0.25, -0.2) is 0 Å². The summed E-state index contributed by atoms with van der Waals surface area (Å²) in [7, 11) is 0. The Bertz CT molecular complexity index is 932. The zero-order valence-electron chi connectivity index (χ0n) is 13.4.